The molecule has 4 aromatic carbocycles. The van der Waals surface area contributed by atoms with E-state index in [4.69, 9.17) is 66.1 Å². The number of anilines is 2. The van der Waals surface area contributed by atoms with Crippen LogP contribution in [0.1, 0.15) is 54.7 Å². The number of ether oxygens (including phenoxy) is 2. The van der Waals surface area contributed by atoms with Crippen molar-refractivity contribution in [3.8, 4) is 11.5 Å². The summed E-state index contributed by atoms with van der Waals surface area (Å²) >= 11 is 24.7. The average Bonchev–Trinajstić information content (AvgIpc) is 3.02. The van der Waals surface area contributed by atoms with Crippen molar-refractivity contribution in [1.29, 1.82) is 0 Å². The van der Waals surface area contributed by atoms with Gasteiger partial charge in [-0.3, -0.25) is 14.4 Å². The predicted octanol–water partition coefficient (Wildman–Crippen LogP) is 9.23. The van der Waals surface area contributed by atoms with Crippen LogP contribution in [0.5, 0.6) is 11.5 Å². The lowest BCUT2D eigenvalue weighted by atomic mass is 10.1. The molecule has 0 saturated heterocycles. The van der Waals surface area contributed by atoms with Crippen LogP contribution in [0.15, 0.2) is 72.8 Å². The molecule has 0 aliphatic carbocycles. The number of carboxylic acid groups (broad SMARTS) is 2. The quantitative estimate of drug-likeness (QED) is 0.0797. The normalized spacial score (nSPS) is 10.6. The van der Waals surface area contributed by atoms with Gasteiger partial charge in [0.2, 0.25) is 0 Å². The van der Waals surface area contributed by atoms with Gasteiger partial charge in [-0.2, -0.15) is 0 Å². The van der Waals surface area contributed by atoms with Gasteiger partial charge in [-0.25, -0.2) is 0 Å². The molecule has 0 aromatic heterocycles. The fourth-order valence-corrected chi connectivity index (χ4v) is 5.83. The van der Waals surface area contributed by atoms with Crippen LogP contribution >= 0.6 is 46.4 Å². The smallest absolute Gasteiger partial charge is 0.322 e. The maximum Gasteiger partial charge on any atom is 0.322 e. The molecule has 0 aliphatic rings. The minimum Gasteiger partial charge on any atom is -0.486 e. The number of carboxylic acids is 2. The summed E-state index contributed by atoms with van der Waals surface area (Å²) in [5.41, 5.74) is 4.59. The van der Waals surface area contributed by atoms with E-state index in [9.17, 15) is 14.4 Å². The summed E-state index contributed by atoms with van der Waals surface area (Å²) < 4.78 is 11.5. The molecule has 0 bridgehead atoms. The summed E-state index contributed by atoms with van der Waals surface area (Å²) in [6.07, 6.45) is -0.136. The summed E-state index contributed by atoms with van der Waals surface area (Å²) in [6.45, 7) is 8.31. The fourth-order valence-electron chi connectivity index (χ4n) is 4.59. The first-order valence-electron chi connectivity index (χ1n) is 15.8. The van der Waals surface area contributed by atoms with E-state index in [-0.39, 0.29) is 34.4 Å². The molecule has 0 aliphatic heterocycles. The molecule has 0 unspecified atom stereocenters. The number of carbonyl (C=O) groups is 3. The highest BCUT2D eigenvalue weighted by Crippen LogP contribution is 2.36. The summed E-state index contributed by atoms with van der Waals surface area (Å²) in [4.78, 5) is 33.2. The number of benzene rings is 4. The van der Waals surface area contributed by atoms with Crippen LogP contribution in [-0.2, 0) is 29.2 Å². The van der Waals surface area contributed by atoms with Crippen LogP contribution in [0.4, 0.5) is 11.4 Å². The maximum absolute atomic E-state index is 11.9. The highest BCUT2D eigenvalue weighted by molar-refractivity contribution is 6.38. The van der Waals surface area contributed by atoms with Gasteiger partial charge < -0.3 is 35.6 Å². The molecule has 0 fully saturated rings. The lowest BCUT2D eigenvalue weighted by Gasteiger charge is -2.14. The molecule has 0 atom stereocenters. The molecular formula is C37H39Cl4N3O7. The van der Waals surface area contributed by atoms with Crippen molar-refractivity contribution in [1.82, 2.24) is 5.32 Å². The van der Waals surface area contributed by atoms with Gasteiger partial charge in [0.1, 0.15) is 19.8 Å². The molecule has 10 nitrogen and oxygen atoms in total. The zero-order chi connectivity index (χ0) is 37.7. The van der Waals surface area contributed by atoms with Gasteiger partial charge >= 0.3 is 11.9 Å². The van der Waals surface area contributed by atoms with Crippen LogP contribution in [0.2, 0.25) is 20.1 Å². The molecule has 0 spiro atoms. The number of nitrogens with one attached hydrogen (secondary N) is 3. The van der Waals surface area contributed by atoms with Gasteiger partial charge in [-0.05, 0) is 92.9 Å². The Balaban J connectivity index is 0.000000277. The van der Waals surface area contributed by atoms with E-state index in [1.54, 1.807) is 12.1 Å². The van der Waals surface area contributed by atoms with Crippen LogP contribution in [0.3, 0.4) is 0 Å². The van der Waals surface area contributed by atoms with Gasteiger partial charge in [-0.15, -0.1) is 0 Å². The second-order valence-corrected chi connectivity index (χ2v) is 13.5. The third-order valence-corrected chi connectivity index (χ3v) is 7.73. The molecule has 4 rings (SSSR count). The monoisotopic (exact) mass is 777 g/mol. The van der Waals surface area contributed by atoms with Crippen molar-refractivity contribution in [2.24, 2.45) is 0 Å². The first-order chi connectivity index (χ1) is 24.1. The Hall–Kier alpha value is -4.35. The number of rotatable bonds is 15. The van der Waals surface area contributed by atoms with Gasteiger partial charge in [0, 0.05) is 29.0 Å². The molecule has 51 heavy (non-hydrogen) atoms. The van der Waals surface area contributed by atoms with Crippen molar-refractivity contribution in [3.05, 3.63) is 115 Å². The van der Waals surface area contributed by atoms with E-state index in [2.05, 4.69) is 43.6 Å². The molecule has 0 saturated carbocycles. The minimum atomic E-state index is -1.14. The zero-order valence-electron chi connectivity index (χ0n) is 28.4. The van der Waals surface area contributed by atoms with Gasteiger partial charge in [0.25, 0.3) is 5.91 Å². The number of hydrogen-bond donors (Lipinski definition) is 5. The Morgan fingerprint density at radius 1 is 0.627 bits per heavy atom. The number of amides is 1. The van der Waals surface area contributed by atoms with Crippen molar-refractivity contribution in [3.63, 3.8) is 0 Å². The van der Waals surface area contributed by atoms with Gasteiger partial charge in [0.05, 0.1) is 26.5 Å². The molecule has 0 heterocycles. The molecule has 14 heteroatoms. The lowest BCUT2D eigenvalue weighted by molar-refractivity contribution is -0.137. The molecule has 1 amide bonds. The summed E-state index contributed by atoms with van der Waals surface area (Å²) in [5, 5.41) is 27.3. The molecule has 0 radical (unpaired) electrons. The van der Waals surface area contributed by atoms with E-state index < -0.39 is 24.4 Å². The van der Waals surface area contributed by atoms with Crippen molar-refractivity contribution < 1.29 is 34.1 Å². The molecule has 4 aromatic rings. The first-order valence-corrected chi connectivity index (χ1v) is 17.3. The molecule has 5 N–H and O–H groups in total. The van der Waals surface area contributed by atoms with Crippen LogP contribution < -0.4 is 25.4 Å². The third-order valence-electron chi connectivity index (χ3n) is 6.61. The van der Waals surface area contributed by atoms with Gasteiger partial charge in [-0.1, -0.05) is 70.7 Å². The highest BCUT2D eigenvalue weighted by Gasteiger charge is 2.16. The number of hydrogen-bond acceptors (Lipinski definition) is 7. The number of carbonyl (C=O) groups excluding carboxylic acids is 1. The average molecular weight is 780 g/mol. The highest BCUT2D eigenvalue weighted by atomic mass is 35.5. The summed E-state index contributed by atoms with van der Waals surface area (Å²) in [6, 6.07) is 22.2. The Morgan fingerprint density at radius 2 is 1.06 bits per heavy atom. The minimum absolute atomic E-state index is 0.136. The Labute approximate surface area is 317 Å². The summed E-state index contributed by atoms with van der Waals surface area (Å²) in [7, 11) is 0. The standard InChI is InChI=1S/C19H20Cl2N2O4.C18H19Cl2NO3/c1-11(2)23-14-5-3-4-12(6-14)10-27-18-15(20)7-13(8-16(18)21)19(26)22-9-17(24)25;1-11(2)21-14-5-3-4-12(6-14)10-24-18-15(19)7-13(8-16(18)20)9-17(22)23/h3-8,11,23H,9-10H2,1-2H3,(H,22,26)(H,24,25);3-8,11,21H,9-10H2,1-2H3,(H,22,23). The third kappa shape index (κ3) is 14.1. The van der Waals surface area contributed by atoms with E-state index in [1.807, 2.05) is 48.5 Å². The second-order valence-electron chi connectivity index (χ2n) is 11.9. The number of halogens is 4. The first kappa shape index (κ1) is 41.1. The molecule has 272 valence electrons. The lowest BCUT2D eigenvalue weighted by Crippen LogP contribution is -2.29. The van der Waals surface area contributed by atoms with E-state index >= 15 is 0 Å². The van der Waals surface area contributed by atoms with Crippen molar-refractivity contribution in [2.45, 2.75) is 59.4 Å². The van der Waals surface area contributed by atoms with Crippen LogP contribution in [0, 0.1) is 0 Å². The predicted molar refractivity (Wildman–Crippen MR) is 203 cm³/mol. The van der Waals surface area contributed by atoms with E-state index in [0.29, 0.717) is 40.0 Å². The molecular weight excluding hydrogens is 740 g/mol. The van der Waals surface area contributed by atoms with E-state index in [1.165, 1.54) is 12.1 Å². The Morgan fingerprint density at radius 3 is 1.45 bits per heavy atom. The fraction of sp³-hybridized carbons (Fsp3) is 0.270. The maximum atomic E-state index is 11.9. The van der Waals surface area contributed by atoms with Crippen molar-refractivity contribution >= 4 is 75.6 Å². The van der Waals surface area contributed by atoms with Gasteiger partial charge in [0.15, 0.2) is 11.5 Å². The van der Waals surface area contributed by atoms with E-state index in [0.717, 1.165) is 22.5 Å². The summed E-state index contributed by atoms with van der Waals surface area (Å²) in [5.74, 6) is -2.05. The topological polar surface area (TPSA) is 146 Å². The largest absolute Gasteiger partial charge is 0.486 e. The number of aliphatic carboxylic acids is 2. The van der Waals surface area contributed by atoms with Crippen LogP contribution in [0.25, 0.3) is 0 Å². The Bertz CT molecular complexity index is 1790. The zero-order valence-corrected chi connectivity index (χ0v) is 31.4. The van der Waals surface area contributed by atoms with Crippen molar-refractivity contribution in [2.75, 3.05) is 17.2 Å². The second kappa shape index (κ2) is 19.9. The van der Waals surface area contributed by atoms with Crippen LogP contribution in [-0.4, -0.2) is 46.7 Å². The SMILES string of the molecule is CC(C)Nc1cccc(COc2c(Cl)cc(C(=O)NCC(=O)O)cc2Cl)c1.CC(C)Nc1cccc(COc2c(Cl)cc(CC(=O)O)cc2Cl)c1. The Kier molecular flexibility index (Phi) is 16.0.